The first-order valence-corrected chi connectivity index (χ1v) is 47.7. The maximum Gasteiger partial charge on any atom is 0.472 e. The van der Waals surface area contributed by atoms with Gasteiger partial charge in [0.15, 0.2) is 12.2 Å². The van der Waals surface area contributed by atoms with Gasteiger partial charge >= 0.3 is 39.5 Å². The molecule has 0 aromatic heterocycles. The number of carbonyl (C=O) groups excluding carboxylic acids is 4. The van der Waals surface area contributed by atoms with Crippen molar-refractivity contribution in [1.82, 2.24) is 0 Å². The van der Waals surface area contributed by atoms with Crippen LogP contribution in [0.5, 0.6) is 0 Å². The lowest BCUT2D eigenvalue weighted by molar-refractivity contribution is -0.161. The summed E-state index contributed by atoms with van der Waals surface area (Å²) in [6.07, 6.45) is 72.8. The summed E-state index contributed by atoms with van der Waals surface area (Å²) in [6.45, 7) is 7.34. The lowest BCUT2D eigenvalue weighted by atomic mass is 9.99. The molecule has 0 saturated heterocycles. The van der Waals surface area contributed by atoms with Crippen molar-refractivity contribution < 1.29 is 80.2 Å². The Labute approximate surface area is 645 Å². The van der Waals surface area contributed by atoms with E-state index >= 15 is 0 Å². The third-order valence-electron chi connectivity index (χ3n) is 20.6. The summed E-state index contributed by atoms with van der Waals surface area (Å²) in [5.74, 6) is -1.24. The third-order valence-corrected chi connectivity index (χ3v) is 22.5. The maximum atomic E-state index is 13.1. The van der Waals surface area contributed by atoms with Gasteiger partial charge in [-0.1, -0.05) is 413 Å². The van der Waals surface area contributed by atoms with Crippen molar-refractivity contribution in [1.29, 1.82) is 0 Å². The molecule has 0 radical (unpaired) electrons. The molecule has 0 bridgehead atoms. The molecule has 624 valence electrons. The summed E-state index contributed by atoms with van der Waals surface area (Å²) in [5.41, 5.74) is 0. The molecule has 105 heavy (non-hydrogen) atoms. The number of hydrogen-bond donors (Lipinski definition) is 3. The van der Waals surface area contributed by atoms with Crippen LogP contribution in [0.25, 0.3) is 0 Å². The van der Waals surface area contributed by atoms with Gasteiger partial charge in [0.1, 0.15) is 19.3 Å². The molecule has 0 rings (SSSR count). The van der Waals surface area contributed by atoms with Crippen molar-refractivity contribution in [3.63, 3.8) is 0 Å². The zero-order valence-corrected chi connectivity index (χ0v) is 70.7. The van der Waals surface area contributed by atoms with Crippen LogP contribution in [0.2, 0.25) is 0 Å². The van der Waals surface area contributed by atoms with Gasteiger partial charge in [-0.25, -0.2) is 9.13 Å². The number of phosphoric acid groups is 2. The molecule has 0 heterocycles. The number of unbranched alkanes of at least 4 members (excludes halogenated alkanes) is 57. The molecule has 0 saturated carbocycles. The number of aliphatic hydroxyl groups excluding tert-OH is 1. The summed E-state index contributed by atoms with van der Waals surface area (Å²) < 4.78 is 68.6. The van der Waals surface area contributed by atoms with E-state index in [4.69, 9.17) is 37.0 Å². The van der Waals surface area contributed by atoms with Gasteiger partial charge in [-0.05, 0) is 31.6 Å². The van der Waals surface area contributed by atoms with Crippen molar-refractivity contribution in [2.75, 3.05) is 39.6 Å². The highest BCUT2D eigenvalue weighted by atomic mass is 31.2. The van der Waals surface area contributed by atoms with E-state index in [0.717, 1.165) is 102 Å². The fourth-order valence-corrected chi connectivity index (χ4v) is 15.0. The lowest BCUT2D eigenvalue weighted by Gasteiger charge is -2.21. The monoisotopic (exact) mass is 1540 g/mol. The molecule has 0 spiro atoms. The Balaban J connectivity index is 5.10. The van der Waals surface area contributed by atoms with Crippen LogP contribution in [0.15, 0.2) is 0 Å². The summed E-state index contributed by atoms with van der Waals surface area (Å²) >= 11 is 0. The highest BCUT2D eigenvalue weighted by molar-refractivity contribution is 7.47. The van der Waals surface area contributed by atoms with Gasteiger partial charge in [-0.2, -0.15) is 0 Å². The van der Waals surface area contributed by atoms with Gasteiger partial charge in [-0.15, -0.1) is 0 Å². The normalized spacial score (nSPS) is 14.0. The van der Waals surface area contributed by atoms with Crippen LogP contribution in [0.1, 0.15) is 465 Å². The maximum absolute atomic E-state index is 13.1. The Morgan fingerprint density at radius 1 is 0.267 bits per heavy atom. The lowest BCUT2D eigenvalue weighted by Crippen LogP contribution is -2.30. The van der Waals surface area contributed by atoms with Crippen LogP contribution in [0.4, 0.5) is 0 Å². The predicted molar refractivity (Wildman–Crippen MR) is 432 cm³/mol. The average Bonchev–Trinajstić information content (AvgIpc) is 0.908. The second-order valence-corrected chi connectivity index (χ2v) is 34.1. The molecule has 0 aliphatic carbocycles. The zero-order valence-electron chi connectivity index (χ0n) is 68.9. The summed E-state index contributed by atoms with van der Waals surface area (Å²) in [5, 5.41) is 10.6. The largest absolute Gasteiger partial charge is 0.472 e. The minimum absolute atomic E-state index is 0.108. The zero-order chi connectivity index (χ0) is 76.9. The van der Waals surface area contributed by atoms with Crippen LogP contribution >= 0.6 is 15.6 Å². The van der Waals surface area contributed by atoms with Crippen LogP contribution in [-0.2, 0) is 65.4 Å². The van der Waals surface area contributed by atoms with E-state index in [1.54, 1.807) is 0 Å². The van der Waals surface area contributed by atoms with Crippen LogP contribution in [0.3, 0.4) is 0 Å². The topological polar surface area (TPSA) is 237 Å². The molecular formula is C86H168O17P2. The Morgan fingerprint density at radius 3 is 0.676 bits per heavy atom. The molecule has 0 amide bonds. The number of phosphoric ester groups is 2. The number of esters is 4. The number of carbonyl (C=O) groups is 4. The van der Waals surface area contributed by atoms with Gasteiger partial charge < -0.3 is 33.8 Å². The molecule has 0 aromatic carbocycles. The van der Waals surface area contributed by atoms with Gasteiger partial charge in [0.05, 0.1) is 26.4 Å². The first kappa shape index (κ1) is 103. The second-order valence-electron chi connectivity index (χ2n) is 31.2. The molecule has 0 aliphatic heterocycles. The Bertz CT molecular complexity index is 2000. The minimum atomic E-state index is -4.96. The standard InChI is InChI=1S/C86H168O17P2/c1-6-10-13-16-18-20-22-24-26-28-29-30-31-36-39-43-47-51-55-60-65-70-84(89)97-76-82(103-86(91)72-67-62-57-53-49-45-41-37-33-32-35-38-42-46-50-54-59-63-68-79(5)9-4)78-101-105(94,95)99-74-80(87)73-98-104(92,93)100-77-81(75-96-83(88)69-64-58-15-12-8-3)102-85(90)71-66-61-56-52-48-44-40-34-27-25-23-21-19-17-14-11-7-2/h79-82,87H,6-78H2,1-5H3,(H,92,93)(H,94,95)/t79?,80-,81+,82+/m0/s1. The molecule has 0 fully saturated rings. The first-order valence-electron chi connectivity index (χ1n) is 44.7. The highest BCUT2D eigenvalue weighted by Gasteiger charge is 2.30. The molecule has 6 atom stereocenters. The fourth-order valence-electron chi connectivity index (χ4n) is 13.4. The highest BCUT2D eigenvalue weighted by Crippen LogP contribution is 2.45. The van der Waals surface area contributed by atoms with Gasteiger partial charge in [0.25, 0.3) is 0 Å². The SMILES string of the molecule is CCCCCCCCCCCCCCCCCCCCCCCC(=O)OC[C@H](COP(=O)(O)OC[C@@H](O)COP(=O)(O)OC[C@@H](COC(=O)CCCCCCC)OC(=O)CCCCCCCCCCCCCCCCCCC)OC(=O)CCCCCCCCCCCCCCCCCCCCC(C)CC. The second kappa shape index (κ2) is 78.7. The van der Waals surface area contributed by atoms with Gasteiger partial charge in [-0.3, -0.25) is 37.3 Å². The van der Waals surface area contributed by atoms with E-state index in [1.165, 1.54) is 283 Å². The van der Waals surface area contributed by atoms with Gasteiger partial charge in [0.2, 0.25) is 0 Å². The van der Waals surface area contributed by atoms with E-state index in [-0.39, 0.29) is 25.7 Å². The molecule has 3 N–H and O–H groups in total. The number of aliphatic hydroxyl groups is 1. The summed E-state index contributed by atoms with van der Waals surface area (Å²) in [6, 6.07) is 0. The number of ether oxygens (including phenoxy) is 4. The van der Waals surface area contributed by atoms with Crippen LogP contribution in [0, 0.1) is 5.92 Å². The van der Waals surface area contributed by atoms with Crippen molar-refractivity contribution in [2.45, 2.75) is 483 Å². The fraction of sp³-hybridized carbons (Fsp3) is 0.953. The molecule has 0 aromatic rings. The number of hydrogen-bond acceptors (Lipinski definition) is 15. The molecule has 3 unspecified atom stereocenters. The first-order chi connectivity index (χ1) is 51.1. The van der Waals surface area contributed by atoms with Crippen LogP contribution in [-0.4, -0.2) is 96.7 Å². The molecular weight excluding hydrogens is 1370 g/mol. The van der Waals surface area contributed by atoms with Crippen LogP contribution < -0.4 is 0 Å². The van der Waals surface area contributed by atoms with E-state index in [1.807, 2.05) is 0 Å². The van der Waals surface area contributed by atoms with E-state index in [0.29, 0.717) is 25.7 Å². The summed E-state index contributed by atoms with van der Waals surface area (Å²) in [7, 11) is -9.91. The van der Waals surface area contributed by atoms with Crippen molar-refractivity contribution in [2.24, 2.45) is 5.92 Å². The molecule has 17 nitrogen and oxygen atoms in total. The van der Waals surface area contributed by atoms with Crippen molar-refractivity contribution in [3.05, 3.63) is 0 Å². The molecule has 0 aliphatic rings. The molecule has 19 heteroatoms. The van der Waals surface area contributed by atoms with E-state index in [9.17, 15) is 43.2 Å². The van der Waals surface area contributed by atoms with Gasteiger partial charge in [0, 0.05) is 25.7 Å². The van der Waals surface area contributed by atoms with E-state index < -0.39 is 97.5 Å². The number of rotatable bonds is 86. The average molecular weight is 1540 g/mol. The van der Waals surface area contributed by atoms with Crippen molar-refractivity contribution >= 4 is 39.5 Å². The Morgan fingerprint density at radius 2 is 0.457 bits per heavy atom. The Kier molecular flexibility index (Phi) is 77.3. The summed E-state index contributed by atoms with van der Waals surface area (Å²) in [4.78, 5) is 72.9. The quantitative estimate of drug-likeness (QED) is 0.0222. The Hall–Kier alpha value is -1.94. The smallest absolute Gasteiger partial charge is 0.462 e. The van der Waals surface area contributed by atoms with E-state index in [2.05, 4.69) is 34.6 Å². The predicted octanol–water partition coefficient (Wildman–Crippen LogP) is 26.4. The minimum Gasteiger partial charge on any atom is -0.462 e. The third kappa shape index (κ3) is 78.5. The van der Waals surface area contributed by atoms with Crippen molar-refractivity contribution in [3.8, 4) is 0 Å².